The molecule has 1 rings (SSSR count). The molecule has 1 aliphatic heterocycles. The molecule has 1 fully saturated rings. The average molecular weight is 130 g/mol. The smallest absolute Gasteiger partial charge is 0.0110 e. The van der Waals surface area contributed by atoms with Crippen LogP contribution in [0.2, 0.25) is 0 Å². The monoisotopic (exact) mass is 130 g/mol. The van der Waals surface area contributed by atoms with Crippen LogP contribution in [0.1, 0.15) is 15.3 Å². The lowest BCUT2D eigenvalue weighted by atomic mass is 10.4. The molecule has 0 bridgehead atoms. The van der Waals surface area contributed by atoms with Crippen molar-refractivity contribution in [2.24, 2.45) is 0 Å². The molecule has 1 N–H and O–H groups in total. The molecule has 0 atom stereocenters. The normalized spacial score (nSPS) is 19.0. The SMILES string of the molecule is CC(C)NCCN1CC1.[HH]. The maximum atomic E-state index is 3.38. The molecule has 1 saturated heterocycles. The molecule has 0 radical (unpaired) electrons. The number of hydrogen-bond donors (Lipinski definition) is 1. The molecule has 56 valence electrons. The summed E-state index contributed by atoms with van der Waals surface area (Å²) >= 11 is 0. The van der Waals surface area contributed by atoms with Crippen molar-refractivity contribution < 1.29 is 1.43 Å². The molecular formula is C7H18N2. The van der Waals surface area contributed by atoms with Crippen molar-refractivity contribution in [3.05, 3.63) is 0 Å². The summed E-state index contributed by atoms with van der Waals surface area (Å²) in [4.78, 5) is 2.43. The van der Waals surface area contributed by atoms with Gasteiger partial charge in [0.1, 0.15) is 0 Å². The average Bonchev–Trinajstić information content (AvgIpc) is 2.48. The largest absolute Gasteiger partial charge is 0.313 e. The lowest BCUT2D eigenvalue weighted by Crippen LogP contribution is -2.28. The van der Waals surface area contributed by atoms with Crippen LogP contribution in [0, 0.1) is 0 Å². The Labute approximate surface area is 58.7 Å². The van der Waals surface area contributed by atoms with E-state index in [9.17, 15) is 0 Å². The van der Waals surface area contributed by atoms with Crippen molar-refractivity contribution in [3.8, 4) is 0 Å². The number of hydrogen-bond acceptors (Lipinski definition) is 2. The Kier molecular flexibility index (Phi) is 2.49. The van der Waals surface area contributed by atoms with E-state index in [-0.39, 0.29) is 1.43 Å². The van der Waals surface area contributed by atoms with E-state index in [0.29, 0.717) is 6.04 Å². The van der Waals surface area contributed by atoms with E-state index in [1.807, 2.05) is 0 Å². The van der Waals surface area contributed by atoms with Gasteiger partial charge in [-0.05, 0) is 0 Å². The Bertz CT molecular complexity index is 79.7. The predicted octanol–water partition coefficient (Wildman–Crippen LogP) is 0.546. The van der Waals surface area contributed by atoms with Crippen LogP contribution in [-0.2, 0) is 0 Å². The van der Waals surface area contributed by atoms with Gasteiger partial charge in [0, 0.05) is 33.6 Å². The Balaban J connectivity index is 0.000000810. The summed E-state index contributed by atoms with van der Waals surface area (Å²) in [5.74, 6) is 0. The van der Waals surface area contributed by atoms with E-state index in [1.165, 1.54) is 19.6 Å². The second-order valence-corrected chi connectivity index (χ2v) is 2.95. The van der Waals surface area contributed by atoms with Gasteiger partial charge in [0.15, 0.2) is 0 Å². The molecule has 2 nitrogen and oxygen atoms in total. The topological polar surface area (TPSA) is 15.0 Å². The summed E-state index contributed by atoms with van der Waals surface area (Å²) in [7, 11) is 0. The highest BCUT2D eigenvalue weighted by atomic mass is 15.3. The van der Waals surface area contributed by atoms with E-state index < -0.39 is 0 Å². The van der Waals surface area contributed by atoms with Crippen molar-refractivity contribution >= 4 is 0 Å². The third-order valence-corrected chi connectivity index (χ3v) is 1.52. The van der Waals surface area contributed by atoms with E-state index in [0.717, 1.165) is 6.54 Å². The molecule has 1 aliphatic rings. The molecule has 0 aromatic heterocycles. The summed E-state index contributed by atoms with van der Waals surface area (Å²) in [6.45, 7) is 9.39. The first kappa shape index (κ1) is 7.03. The van der Waals surface area contributed by atoms with Gasteiger partial charge in [0.25, 0.3) is 0 Å². The van der Waals surface area contributed by atoms with E-state index in [4.69, 9.17) is 0 Å². The molecule has 0 aliphatic carbocycles. The molecule has 2 heteroatoms. The maximum absolute atomic E-state index is 3.38. The van der Waals surface area contributed by atoms with Crippen LogP contribution < -0.4 is 5.32 Å². The Morgan fingerprint density at radius 2 is 2.22 bits per heavy atom. The predicted molar refractivity (Wildman–Crippen MR) is 41.7 cm³/mol. The molecule has 0 aromatic rings. The third kappa shape index (κ3) is 3.49. The lowest BCUT2D eigenvalue weighted by molar-refractivity contribution is 0.494. The number of nitrogens with zero attached hydrogens (tertiary/aromatic N) is 1. The van der Waals surface area contributed by atoms with Crippen molar-refractivity contribution in [2.75, 3.05) is 26.2 Å². The quantitative estimate of drug-likeness (QED) is 0.559. The molecule has 1 heterocycles. The number of nitrogens with one attached hydrogen (secondary N) is 1. The van der Waals surface area contributed by atoms with Crippen LogP contribution in [0.3, 0.4) is 0 Å². The second kappa shape index (κ2) is 3.18. The molecule has 9 heavy (non-hydrogen) atoms. The molecular weight excluding hydrogens is 112 g/mol. The van der Waals surface area contributed by atoms with Gasteiger partial charge in [0.2, 0.25) is 0 Å². The van der Waals surface area contributed by atoms with E-state index >= 15 is 0 Å². The minimum atomic E-state index is 0. The van der Waals surface area contributed by atoms with Gasteiger partial charge in [0.05, 0.1) is 0 Å². The Morgan fingerprint density at radius 1 is 1.56 bits per heavy atom. The minimum absolute atomic E-state index is 0. The van der Waals surface area contributed by atoms with Gasteiger partial charge in [-0.3, -0.25) is 4.90 Å². The maximum Gasteiger partial charge on any atom is 0.0110 e. The van der Waals surface area contributed by atoms with E-state index in [1.54, 1.807) is 0 Å². The van der Waals surface area contributed by atoms with Gasteiger partial charge >= 0.3 is 0 Å². The lowest BCUT2D eigenvalue weighted by Gasteiger charge is -2.06. The van der Waals surface area contributed by atoms with Crippen LogP contribution in [0.5, 0.6) is 0 Å². The van der Waals surface area contributed by atoms with E-state index in [2.05, 4.69) is 24.1 Å². The standard InChI is InChI=1S/C7H16N2.H2/c1-7(2)8-3-4-9-5-6-9;/h7-8H,3-6H2,1-2H3;1H. The fourth-order valence-electron chi connectivity index (χ4n) is 0.806. The fourth-order valence-corrected chi connectivity index (χ4v) is 0.806. The van der Waals surface area contributed by atoms with Gasteiger partial charge in [-0.25, -0.2) is 0 Å². The van der Waals surface area contributed by atoms with Gasteiger partial charge in [-0.2, -0.15) is 0 Å². The highest BCUT2D eigenvalue weighted by molar-refractivity contribution is 4.72. The highest BCUT2D eigenvalue weighted by Crippen LogP contribution is 1.99. The molecule has 0 spiro atoms. The molecule has 0 saturated carbocycles. The van der Waals surface area contributed by atoms with Gasteiger partial charge in [-0.15, -0.1) is 0 Å². The Morgan fingerprint density at radius 3 is 2.67 bits per heavy atom. The first-order chi connectivity index (χ1) is 4.29. The van der Waals surface area contributed by atoms with Crippen molar-refractivity contribution in [1.82, 2.24) is 10.2 Å². The summed E-state index contributed by atoms with van der Waals surface area (Å²) in [5, 5.41) is 3.38. The first-order valence-electron chi connectivity index (χ1n) is 3.75. The van der Waals surface area contributed by atoms with Crippen molar-refractivity contribution in [3.63, 3.8) is 0 Å². The summed E-state index contributed by atoms with van der Waals surface area (Å²) in [5.41, 5.74) is 0. The zero-order valence-corrected chi connectivity index (χ0v) is 6.35. The summed E-state index contributed by atoms with van der Waals surface area (Å²) in [6, 6.07) is 0.643. The Hall–Kier alpha value is -0.0800. The molecule has 0 amide bonds. The number of rotatable bonds is 4. The zero-order valence-electron chi connectivity index (χ0n) is 6.35. The van der Waals surface area contributed by atoms with Crippen LogP contribution in [-0.4, -0.2) is 37.1 Å². The van der Waals surface area contributed by atoms with Crippen molar-refractivity contribution in [2.45, 2.75) is 19.9 Å². The molecule has 0 aromatic carbocycles. The summed E-state index contributed by atoms with van der Waals surface area (Å²) < 4.78 is 0. The van der Waals surface area contributed by atoms with Crippen LogP contribution in [0.4, 0.5) is 0 Å². The van der Waals surface area contributed by atoms with Gasteiger partial charge in [-0.1, -0.05) is 13.8 Å². The summed E-state index contributed by atoms with van der Waals surface area (Å²) in [6.07, 6.45) is 0. The third-order valence-electron chi connectivity index (χ3n) is 1.52. The first-order valence-corrected chi connectivity index (χ1v) is 3.75. The highest BCUT2D eigenvalue weighted by Gasteiger charge is 2.15. The van der Waals surface area contributed by atoms with Crippen LogP contribution >= 0.6 is 0 Å². The van der Waals surface area contributed by atoms with Crippen molar-refractivity contribution in [1.29, 1.82) is 0 Å². The molecule has 0 unspecified atom stereocenters. The van der Waals surface area contributed by atoms with Gasteiger partial charge < -0.3 is 5.32 Å². The van der Waals surface area contributed by atoms with Crippen LogP contribution in [0.25, 0.3) is 0 Å². The fraction of sp³-hybridized carbons (Fsp3) is 1.00. The second-order valence-electron chi connectivity index (χ2n) is 2.95. The zero-order chi connectivity index (χ0) is 6.69. The minimum Gasteiger partial charge on any atom is -0.313 e. The van der Waals surface area contributed by atoms with Crippen LogP contribution in [0.15, 0.2) is 0 Å².